The fraction of sp³-hybridized carbons (Fsp3) is 0.480. The summed E-state index contributed by atoms with van der Waals surface area (Å²) in [6.07, 6.45) is 0. The third-order valence-electron chi connectivity index (χ3n) is 6.67. The molecular formula is C25H32N2O2. The first-order valence-electron chi connectivity index (χ1n) is 10.6. The van der Waals surface area contributed by atoms with Crippen molar-refractivity contribution in [1.82, 2.24) is 4.90 Å². The maximum absolute atomic E-state index is 12.5. The second-order valence-corrected chi connectivity index (χ2v) is 9.47. The molecule has 0 radical (unpaired) electrons. The van der Waals surface area contributed by atoms with E-state index in [0.29, 0.717) is 18.4 Å². The molecule has 0 bridgehead atoms. The van der Waals surface area contributed by atoms with Gasteiger partial charge in [-0.1, -0.05) is 58.0 Å². The van der Waals surface area contributed by atoms with Gasteiger partial charge in [-0.2, -0.15) is 0 Å². The van der Waals surface area contributed by atoms with Crippen molar-refractivity contribution in [2.45, 2.75) is 40.3 Å². The monoisotopic (exact) mass is 392 g/mol. The molecule has 2 fully saturated rings. The molecule has 0 unspecified atom stereocenters. The van der Waals surface area contributed by atoms with E-state index in [1.807, 2.05) is 18.2 Å². The smallest absolute Gasteiger partial charge is 0.147 e. The first kappa shape index (κ1) is 20.0. The van der Waals surface area contributed by atoms with Gasteiger partial charge in [-0.15, -0.1) is 0 Å². The van der Waals surface area contributed by atoms with Crippen LogP contribution in [0.5, 0.6) is 5.75 Å². The lowest BCUT2D eigenvalue weighted by atomic mass is 9.50. The van der Waals surface area contributed by atoms with Crippen molar-refractivity contribution in [2.24, 2.45) is 10.8 Å². The number of piperazine rings is 1. The zero-order valence-corrected chi connectivity index (χ0v) is 18.0. The molecular weight excluding hydrogens is 360 g/mol. The largest absolute Gasteiger partial charge is 0.489 e. The van der Waals surface area contributed by atoms with Crippen molar-refractivity contribution in [3.63, 3.8) is 0 Å². The van der Waals surface area contributed by atoms with E-state index in [1.165, 1.54) is 11.3 Å². The number of Topliss-reactive ketones (excluding diaryl/α,β-unsaturated/α-hetero) is 1. The number of ether oxygens (including phenoxy) is 1. The molecule has 1 aliphatic heterocycles. The van der Waals surface area contributed by atoms with E-state index in [0.717, 1.165) is 31.9 Å². The standard InChI is InChI=1S/C25H32N2O2/c1-24(2)22(25(3,4)23(24)28)27-16-14-26(15-17-27)20-10-12-21(13-11-20)29-18-19-8-6-5-7-9-19/h5-13,22H,14-18H2,1-4H3. The van der Waals surface area contributed by atoms with Crippen molar-refractivity contribution < 1.29 is 9.53 Å². The summed E-state index contributed by atoms with van der Waals surface area (Å²) in [5, 5.41) is 0. The van der Waals surface area contributed by atoms with E-state index >= 15 is 0 Å². The SMILES string of the molecule is CC1(C)C(=O)C(C)(C)C1N1CCN(c2ccc(OCc3ccccc3)cc2)CC1. The second-order valence-electron chi connectivity index (χ2n) is 9.47. The van der Waals surface area contributed by atoms with Gasteiger partial charge in [0.05, 0.1) is 0 Å². The molecule has 154 valence electrons. The number of carbonyl (C=O) groups excluding carboxylic acids is 1. The fourth-order valence-electron chi connectivity index (χ4n) is 5.55. The number of carbonyl (C=O) groups is 1. The van der Waals surface area contributed by atoms with Gasteiger partial charge < -0.3 is 9.64 Å². The van der Waals surface area contributed by atoms with Crippen LogP contribution in [0.2, 0.25) is 0 Å². The highest BCUT2D eigenvalue weighted by atomic mass is 16.5. The summed E-state index contributed by atoms with van der Waals surface area (Å²) in [5.41, 5.74) is 1.94. The highest BCUT2D eigenvalue weighted by Crippen LogP contribution is 2.53. The van der Waals surface area contributed by atoms with Crippen molar-refractivity contribution in [2.75, 3.05) is 31.1 Å². The molecule has 0 N–H and O–H groups in total. The minimum absolute atomic E-state index is 0.233. The molecule has 0 aromatic heterocycles. The number of ketones is 1. The fourth-order valence-corrected chi connectivity index (χ4v) is 5.55. The summed E-state index contributed by atoms with van der Waals surface area (Å²) in [4.78, 5) is 17.4. The van der Waals surface area contributed by atoms with Crippen LogP contribution >= 0.6 is 0 Å². The molecule has 2 aromatic rings. The van der Waals surface area contributed by atoms with Gasteiger partial charge in [0.15, 0.2) is 0 Å². The summed E-state index contributed by atoms with van der Waals surface area (Å²) in [6, 6.07) is 19.0. The Labute approximate surface area is 174 Å². The average Bonchev–Trinajstić information content (AvgIpc) is 2.73. The highest BCUT2D eigenvalue weighted by molar-refractivity contribution is 5.97. The Hall–Kier alpha value is -2.33. The second kappa shape index (κ2) is 7.49. The van der Waals surface area contributed by atoms with Crippen molar-refractivity contribution in [1.29, 1.82) is 0 Å². The van der Waals surface area contributed by atoms with Crippen LogP contribution in [0.25, 0.3) is 0 Å². The van der Waals surface area contributed by atoms with Crippen molar-refractivity contribution >= 4 is 11.5 Å². The molecule has 4 nitrogen and oxygen atoms in total. The van der Waals surface area contributed by atoms with Crippen LogP contribution in [0.15, 0.2) is 54.6 Å². The molecule has 0 amide bonds. The van der Waals surface area contributed by atoms with E-state index in [-0.39, 0.29) is 10.8 Å². The van der Waals surface area contributed by atoms with Crippen LogP contribution in [0.1, 0.15) is 33.3 Å². The molecule has 1 aliphatic carbocycles. The molecule has 1 saturated heterocycles. The summed E-state index contributed by atoms with van der Waals surface area (Å²) in [6.45, 7) is 13.0. The normalized spacial score (nSPS) is 21.7. The van der Waals surface area contributed by atoms with Gasteiger partial charge in [0, 0.05) is 48.7 Å². The lowest BCUT2D eigenvalue weighted by Gasteiger charge is -2.60. The zero-order chi connectivity index (χ0) is 20.6. The molecule has 29 heavy (non-hydrogen) atoms. The van der Waals surface area contributed by atoms with Gasteiger partial charge in [0.2, 0.25) is 0 Å². The predicted octanol–water partition coefficient (Wildman–Crippen LogP) is 4.39. The van der Waals surface area contributed by atoms with Crippen LogP contribution in [-0.2, 0) is 11.4 Å². The quantitative estimate of drug-likeness (QED) is 0.755. The molecule has 0 atom stereocenters. The van der Waals surface area contributed by atoms with Crippen molar-refractivity contribution in [3.05, 3.63) is 60.2 Å². The van der Waals surface area contributed by atoms with Gasteiger partial charge in [-0.3, -0.25) is 9.69 Å². The number of hydrogen-bond acceptors (Lipinski definition) is 4. The first-order chi connectivity index (χ1) is 13.8. The Balaban J connectivity index is 1.33. The van der Waals surface area contributed by atoms with Crippen LogP contribution < -0.4 is 9.64 Å². The number of benzene rings is 2. The van der Waals surface area contributed by atoms with Crippen LogP contribution in [0.4, 0.5) is 5.69 Å². The average molecular weight is 393 g/mol. The van der Waals surface area contributed by atoms with E-state index in [4.69, 9.17) is 4.74 Å². The van der Waals surface area contributed by atoms with Crippen molar-refractivity contribution in [3.8, 4) is 5.75 Å². The summed E-state index contributed by atoms with van der Waals surface area (Å²) >= 11 is 0. The summed E-state index contributed by atoms with van der Waals surface area (Å²) in [5.74, 6) is 1.29. The minimum Gasteiger partial charge on any atom is -0.489 e. The predicted molar refractivity (Wildman–Crippen MR) is 117 cm³/mol. The topological polar surface area (TPSA) is 32.8 Å². The summed E-state index contributed by atoms with van der Waals surface area (Å²) < 4.78 is 5.90. The van der Waals surface area contributed by atoms with Gasteiger partial charge >= 0.3 is 0 Å². The number of anilines is 1. The Bertz CT molecular complexity index is 832. The molecule has 0 spiro atoms. The Kier molecular flexibility index (Phi) is 5.16. The molecule has 2 aliphatic rings. The molecule has 4 heteroatoms. The lowest BCUT2D eigenvalue weighted by molar-refractivity contribution is -0.170. The van der Waals surface area contributed by atoms with E-state index < -0.39 is 0 Å². The van der Waals surface area contributed by atoms with Gasteiger partial charge in [-0.25, -0.2) is 0 Å². The Morgan fingerprint density at radius 2 is 1.45 bits per heavy atom. The lowest BCUT2D eigenvalue weighted by Crippen LogP contribution is -2.72. The zero-order valence-electron chi connectivity index (χ0n) is 18.0. The molecule has 1 saturated carbocycles. The number of hydrogen-bond donors (Lipinski definition) is 0. The number of nitrogens with zero attached hydrogens (tertiary/aromatic N) is 2. The van der Waals surface area contributed by atoms with Gasteiger partial charge in [0.1, 0.15) is 18.1 Å². The number of rotatable bonds is 5. The minimum atomic E-state index is -0.233. The molecule has 4 rings (SSSR count). The van der Waals surface area contributed by atoms with Crippen LogP contribution in [-0.4, -0.2) is 42.9 Å². The van der Waals surface area contributed by atoms with Crippen LogP contribution in [0, 0.1) is 10.8 Å². The first-order valence-corrected chi connectivity index (χ1v) is 10.6. The maximum atomic E-state index is 12.5. The van der Waals surface area contributed by atoms with Gasteiger partial charge in [0.25, 0.3) is 0 Å². The van der Waals surface area contributed by atoms with E-state index in [9.17, 15) is 4.79 Å². The van der Waals surface area contributed by atoms with E-state index in [1.54, 1.807) is 0 Å². The third kappa shape index (κ3) is 3.66. The van der Waals surface area contributed by atoms with Gasteiger partial charge in [-0.05, 0) is 29.8 Å². The Morgan fingerprint density at radius 1 is 0.862 bits per heavy atom. The maximum Gasteiger partial charge on any atom is 0.147 e. The third-order valence-corrected chi connectivity index (χ3v) is 6.67. The highest BCUT2D eigenvalue weighted by Gasteiger charge is 2.63. The molecule has 1 heterocycles. The van der Waals surface area contributed by atoms with E-state index in [2.05, 4.69) is 73.9 Å². The van der Waals surface area contributed by atoms with Crippen LogP contribution in [0.3, 0.4) is 0 Å². The molecule has 2 aromatic carbocycles. The Morgan fingerprint density at radius 3 is 2.03 bits per heavy atom. The summed E-state index contributed by atoms with van der Waals surface area (Å²) in [7, 11) is 0.